The summed E-state index contributed by atoms with van der Waals surface area (Å²) in [6.45, 7) is 7.38. The first-order chi connectivity index (χ1) is 8.80. The third-order valence-electron chi connectivity index (χ3n) is 3.01. The lowest BCUT2D eigenvalue weighted by atomic mass is 9.94. The molecule has 0 saturated carbocycles. The monoisotopic (exact) mass is 284 g/mol. The Morgan fingerprint density at radius 1 is 1.21 bits per heavy atom. The summed E-state index contributed by atoms with van der Waals surface area (Å²) >= 11 is 0. The molecule has 0 radical (unpaired) electrons. The normalized spacial score (nSPS) is 12.4. The lowest BCUT2D eigenvalue weighted by molar-refractivity contribution is 0.405. The highest BCUT2D eigenvalue weighted by Gasteiger charge is 2.15. The van der Waals surface area contributed by atoms with Gasteiger partial charge in [0.1, 0.15) is 0 Å². The van der Waals surface area contributed by atoms with Gasteiger partial charge in [-0.25, -0.2) is 8.42 Å². The molecule has 0 fully saturated rings. The zero-order valence-electron chi connectivity index (χ0n) is 11.9. The Morgan fingerprint density at radius 2 is 1.79 bits per heavy atom. The van der Waals surface area contributed by atoms with Gasteiger partial charge in [0.25, 0.3) is 0 Å². The SMILES string of the molecule is CCCS(=O)(=O)c1ccc(NCC(C)(C)CN)cc1. The van der Waals surface area contributed by atoms with Crippen LogP contribution in [0.5, 0.6) is 0 Å². The summed E-state index contributed by atoms with van der Waals surface area (Å²) in [5.41, 5.74) is 6.60. The van der Waals surface area contributed by atoms with Crippen LogP contribution in [0.4, 0.5) is 5.69 Å². The molecular weight excluding hydrogens is 260 g/mol. The summed E-state index contributed by atoms with van der Waals surface area (Å²) < 4.78 is 23.7. The molecule has 19 heavy (non-hydrogen) atoms. The second-order valence-corrected chi connectivity index (χ2v) is 7.67. The van der Waals surface area contributed by atoms with E-state index in [4.69, 9.17) is 5.73 Å². The average molecular weight is 284 g/mol. The summed E-state index contributed by atoms with van der Waals surface area (Å²) in [7, 11) is -3.12. The van der Waals surface area contributed by atoms with Gasteiger partial charge in [0.15, 0.2) is 9.84 Å². The van der Waals surface area contributed by atoms with Gasteiger partial charge >= 0.3 is 0 Å². The minimum absolute atomic E-state index is 0.0208. The lowest BCUT2D eigenvalue weighted by Crippen LogP contribution is -2.31. The van der Waals surface area contributed by atoms with Gasteiger partial charge in [0.2, 0.25) is 0 Å². The van der Waals surface area contributed by atoms with Gasteiger partial charge in [-0.2, -0.15) is 0 Å². The highest BCUT2D eigenvalue weighted by atomic mass is 32.2. The number of sulfone groups is 1. The van der Waals surface area contributed by atoms with Gasteiger partial charge in [0, 0.05) is 12.2 Å². The minimum Gasteiger partial charge on any atom is -0.384 e. The Morgan fingerprint density at radius 3 is 2.26 bits per heavy atom. The predicted molar refractivity (Wildman–Crippen MR) is 80.1 cm³/mol. The fraction of sp³-hybridized carbons (Fsp3) is 0.571. The molecule has 108 valence electrons. The summed E-state index contributed by atoms with van der Waals surface area (Å²) in [4.78, 5) is 0.387. The molecule has 0 unspecified atom stereocenters. The molecule has 0 aliphatic carbocycles. The number of hydrogen-bond donors (Lipinski definition) is 2. The van der Waals surface area contributed by atoms with Crippen molar-refractivity contribution in [3.8, 4) is 0 Å². The van der Waals surface area contributed by atoms with Crippen LogP contribution in [0.3, 0.4) is 0 Å². The molecule has 0 aromatic heterocycles. The molecule has 1 aromatic carbocycles. The fourth-order valence-corrected chi connectivity index (χ4v) is 2.90. The van der Waals surface area contributed by atoms with E-state index in [1.807, 2.05) is 6.92 Å². The Kier molecular flexibility index (Phi) is 5.38. The van der Waals surface area contributed by atoms with Gasteiger partial charge < -0.3 is 11.1 Å². The van der Waals surface area contributed by atoms with E-state index in [0.717, 1.165) is 12.2 Å². The van der Waals surface area contributed by atoms with Crippen molar-refractivity contribution < 1.29 is 8.42 Å². The third-order valence-corrected chi connectivity index (χ3v) is 4.95. The zero-order chi connectivity index (χ0) is 14.5. The molecule has 0 atom stereocenters. The van der Waals surface area contributed by atoms with E-state index in [9.17, 15) is 8.42 Å². The van der Waals surface area contributed by atoms with Crippen LogP contribution in [0.25, 0.3) is 0 Å². The molecule has 0 spiro atoms. The summed E-state index contributed by atoms with van der Waals surface area (Å²) in [5, 5.41) is 3.27. The second-order valence-electron chi connectivity index (χ2n) is 5.57. The predicted octanol–water partition coefficient (Wildman–Crippen LogP) is 2.27. The van der Waals surface area contributed by atoms with Crippen LogP contribution in [0.2, 0.25) is 0 Å². The van der Waals surface area contributed by atoms with Crippen molar-refractivity contribution in [2.75, 3.05) is 24.2 Å². The Balaban J connectivity index is 2.72. The van der Waals surface area contributed by atoms with Gasteiger partial charge in [-0.05, 0) is 42.6 Å². The van der Waals surface area contributed by atoms with Crippen molar-refractivity contribution in [2.24, 2.45) is 11.1 Å². The summed E-state index contributed by atoms with van der Waals surface area (Å²) in [5.74, 6) is 0.194. The van der Waals surface area contributed by atoms with E-state index in [2.05, 4.69) is 19.2 Å². The number of anilines is 1. The molecule has 4 nitrogen and oxygen atoms in total. The van der Waals surface area contributed by atoms with E-state index in [-0.39, 0.29) is 11.2 Å². The first-order valence-corrected chi connectivity index (χ1v) is 8.23. The van der Waals surface area contributed by atoms with Crippen molar-refractivity contribution in [1.29, 1.82) is 0 Å². The molecule has 1 aromatic rings. The maximum Gasteiger partial charge on any atom is 0.178 e. The first kappa shape index (κ1) is 16.0. The number of rotatable bonds is 7. The van der Waals surface area contributed by atoms with Crippen LogP contribution in [0.15, 0.2) is 29.2 Å². The van der Waals surface area contributed by atoms with Crippen LogP contribution in [-0.4, -0.2) is 27.3 Å². The Bertz CT molecular complexity index is 493. The van der Waals surface area contributed by atoms with E-state index >= 15 is 0 Å². The maximum atomic E-state index is 11.9. The molecular formula is C14H24N2O2S. The van der Waals surface area contributed by atoms with Crippen molar-refractivity contribution in [1.82, 2.24) is 0 Å². The molecule has 0 saturated heterocycles. The first-order valence-electron chi connectivity index (χ1n) is 6.57. The van der Waals surface area contributed by atoms with E-state index in [1.54, 1.807) is 24.3 Å². The van der Waals surface area contributed by atoms with Gasteiger partial charge in [-0.15, -0.1) is 0 Å². The van der Waals surface area contributed by atoms with E-state index in [0.29, 0.717) is 17.9 Å². The van der Waals surface area contributed by atoms with Crippen molar-refractivity contribution >= 4 is 15.5 Å². The number of nitrogens with one attached hydrogen (secondary N) is 1. The van der Waals surface area contributed by atoms with Crippen LogP contribution < -0.4 is 11.1 Å². The average Bonchev–Trinajstić information content (AvgIpc) is 2.37. The largest absolute Gasteiger partial charge is 0.384 e. The molecule has 0 heterocycles. The van der Waals surface area contributed by atoms with E-state index < -0.39 is 9.84 Å². The molecule has 1 rings (SSSR count). The molecule has 0 aliphatic rings. The van der Waals surface area contributed by atoms with Gasteiger partial charge in [0.05, 0.1) is 10.6 Å². The van der Waals surface area contributed by atoms with Crippen molar-refractivity contribution in [3.05, 3.63) is 24.3 Å². The van der Waals surface area contributed by atoms with Crippen LogP contribution in [0, 0.1) is 5.41 Å². The molecule has 5 heteroatoms. The Hall–Kier alpha value is -1.07. The Labute approximate surface area is 116 Å². The smallest absolute Gasteiger partial charge is 0.178 e. The topological polar surface area (TPSA) is 72.2 Å². The zero-order valence-corrected chi connectivity index (χ0v) is 12.8. The molecule has 0 amide bonds. The highest BCUT2D eigenvalue weighted by molar-refractivity contribution is 7.91. The molecule has 0 bridgehead atoms. The third kappa shape index (κ3) is 4.84. The lowest BCUT2D eigenvalue weighted by Gasteiger charge is -2.23. The minimum atomic E-state index is -3.12. The van der Waals surface area contributed by atoms with Crippen LogP contribution >= 0.6 is 0 Å². The van der Waals surface area contributed by atoms with Gasteiger partial charge in [-0.1, -0.05) is 20.8 Å². The van der Waals surface area contributed by atoms with Crippen LogP contribution in [-0.2, 0) is 9.84 Å². The quantitative estimate of drug-likeness (QED) is 0.805. The number of benzene rings is 1. The summed E-state index contributed by atoms with van der Waals surface area (Å²) in [6, 6.07) is 6.91. The molecule has 0 aliphatic heterocycles. The fourth-order valence-electron chi connectivity index (χ4n) is 1.58. The maximum absolute atomic E-state index is 11.9. The number of hydrogen-bond acceptors (Lipinski definition) is 4. The molecule has 3 N–H and O–H groups in total. The van der Waals surface area contributed by atoms with E-state index in [1.165, 1.54) is 0 Å². The standard InChI is InChI=1S/C14H24N2O2S/c1-4-9-19(17,18)13-7-5-12(6-8-13)16-11-14(2,3)10-15/h5-8,16H,4,9-11,15H2,1-3H3. The van der Waals surface area contributed by atoms with Gasteiger partial charge in [-0.3, -0.25) is 0 Å². The second kappa shape index (κ2) is 6.39. The number of nitrogens with two attached hydrogens (primary N) is 1. The van der Waals surface area contributed by atoms with Crippen molar-refractivity contribution in [3.63, 3.8) is 0 Å². The highest BCUT2D eigenvalue weighted by Crippen LogP contribution is 2.18. The summed E-state index contributed by atoms with van der Waals surface area (Å²) in [6.07, 6.45) is 0.632. The van der Waals surface area contributed by atoms with Crippen LogP contribution in [0.1, 0.15) is 27.2 Å². The van der Waals surface area contributed by atoms with Crippen molar-refractivity contribution in [2.45, 2.75) is 32.1 Å².